The molecule has 0 unspecified atom stereocenters. The van der Waals surface area contributed by atoms with E-state index in [1.54, 1.807) is 0 Å². The number of hydrogen-bond donors (Lipinski definition) is 0. The number of hydrogen-bond acceptors (Lipinski definition) is 5. The van der Waals surface area contributed by atoms with Gasteiger partial charge in [0.05, 0.1) is 60.6 Å². The third-order valence-electron chi connectivity index (χ3n) is 17.4. The van der Waals surface area contributed by atoms with E-state index in [1.165, 1.54) is 32.3 Å². The lowest BCUT2D eigenvalue weighted by Gasteiger charge is -2.14. The molecule has 0 aliphatic rings. The largest absolute Gasteiger partial charge is 0.456 e. The number of nitrogens with zero attached hydrogens (tertiary/aromatic N) is 5. The van der Waals surface area contributed by atoms with Crippen LogP contribution < -0.4 is 0 Å². The molecule has 0 fully saturated rings. The normalized spacial score (nSPS) is 12.3. The highest BCUT2D eigenvalue weighted by Gasteiger charge is 2.24. The lowest BCUT2D eigenvalue weighted by molar-refractivity contribution is 0.669. The summed E-state index contributed by atoms with van der Waals surface area (Å²) >= 11 is 0. The van der Waals surface area contributed by atoms with Gasteiger partial charge in [-0.05, 0) is 127 Å². The van der Waals surface area contributed by atoms with Crippen LogP contribution in [0, 0.1) is 0 Å². The zero-order chi connectivity index (χ0) is 54.7. The van der Waals surface area contributed by atoms with Gasteiger partial charge in [-0.3, -0.25) is 0 Å². The fourth-order valence-electron chi connectivity index (χ4n) is 13.8. The summed E-state index contributed by atoms with van der Waals surface area (Å²) in [7, 11) is 0. The molecule has 7 heterocycles. The van der Waals surface area contributed by atoms with Crippen molar-refractivity contribution < 1.29 is 13.3 Å². The van der Waals surface area contributed by atoms with Crippen molar-refractivity contribution in [2.24, 2.45) is 0 Å². The Morgan fingerprint density at radius 1 is 0.238 bits per heavy atom. The number of aromatic nitrogens is 5. The maximum Gasteiger partial charge on any atom is 0.160 e. The average molecular weight is 1070 g/mol. The molecule has 0 spiro atoms. The highest BCUT2D eigenvalue weighted by molar-refractivity contribution is 6.27. The number of para-hydroxylation sites is 6. The van der Waals surface area contributed by atoms with Crippen molar-refractivity contribution in [1.82, 2.24) is 23.7 Å². The number of furan rings is 3. The van der Waals surface area contributed by atoms with Gasteiger partial charge in [-0.25, -0.2) is 9.97 Å². The third kappa shape index (κ3) is 6.36. The third-order valence-corrected chi connectivity index (χ3v) is 17.4. The Labute approximate surface area is 477 Å². The topological polar surface area (TPSA) is 80.0 Å². The van der Waals surface area contributed by atoms with Gasteiger partial charge in [-0.1, -0.05) is 133 Å². The summed E-state index contributed by atoms with van der Waals surface area (Å²) in [4.78, 5) is 11.1. The molecule has 7 aromatic heterocycles. The van der Waals surface area contributed by atoms with Gasteiger partial charge in [0, 0.05) is 82.2 Å². The molecule has 0 bridgehead atoms. The Morgan fingerprint density at radius 2 is 0.595 bits per heavy atom. The fourth-order valence-corrected chi connectivity index (χ4v) is 13.8. The zero-order valence-electron chi connectivity index (χ0n) is 44.8. The standard InChI is InChI=1S/C76H43N5O3/c1-7-25-61-50(19-1)53-35-38-67-70(56-22-4-10-28-64(56)82-67)73(53)79(61)47-33-31-44(32-34-47)76-77-59(45-15-13-17-48(41-45)80-62-26-8-2-20-51(62)54-36-39-68-71(74(54)80)57-23-5-11-29-65(57)83-68)43-60(78-76)46-16-14-18-49(42-46)81-63-27-9-3-21-52(63)55-37-40-69-72(75(55)81)58-24-6-12-30-66(58)84-69/h1-43H. The van der Waals surface area contributed by atoms with Crippen LogP contribution in [0.5, 0.6) is 0 Å². The molecule has 0 saturated carbocycles. The van der Waals surface area contributed by atoms with Crippen LogP contribution in [0.25, 0.3) is 182 Å². The van der Waals surface area contributed by atoms with E-state index in [-0.39, 0.29) is 0 Å². The maximum absolute atomic E-state index is 6.51. The van der Waals surface area contributed by atoms with Gasteiger partial charge in [0.1, 0.15) is 33.5 Å². The van der Waals surface area contributed by atoms with Crippen LogP contribution >= 0.6 is 0 Å². The molecule has 84 heavy (non-hydrogen) atoms. The molecule has 19 rings (SSSR count). The second kappa shape index (κ2) is 17.0. The lowest BCUT2D eigenvalue weighted by atomic mass is 10.0. The minimum Gasteiger partial charge on any atom is -0.456 e. The highest BCUT2D eigenvalue weighted by atomic mass is 16.3. The minimum absolute atomic E-state index is 0.613. The second-order valence-electron chi connectivity index (χ2n) is 22.0. The lowest BCUT2D eigenvalue weighted by Crippen LogP contribution is -1.99. The van der Waals surface area contributed by atoms with Gasteiger partial charge in [-0.2, -0.15) is 0 Å². The minimum atomic E-state index is 0.613. The van der Waals surface area contributed by atoms with Crippen molar-refractivity contribution >= 4 is 131 Å². The van der Waals surface area contributed by atoms with Crippen LogP contribution in [-0.4, -0.2) is 23.7 Å². The van der Waals surface area contributed by atoms with Crippen LogP contribution in [0.3, 0.4) is 0 Å². The van der Waals surface area contributed by atoms with Gasteiger partial charge in [0.25, 0.3) is 0 Å². The van der Waals surface area contributed by atoms with E-state index < -0.39 is 0 Å². The summed E-state index contributed by atoms with van der Waals surface area (Å²) < 4.78 is 26.7. The predicted octanol–water partition coefficient (Wildman–Crippen LogP) is 20.5. The zero-order valence-corrected chi connectivity index (χ0v) is 44.8. The van der Waals surface area contributed by atoms with Gasteiger partial charge in [0.2, 0.25) is 0 Å². The Bertz CT molecular complexity index is 5750. The molecule has 0 N–H and O–H groups in total. The Hall–Kier alpha value is -11.5. The van der Waals surface area contributed by atoms with Gasteiger partial charge < -0.3 is 27.0 Å². The van der Waals surface area contributed by atoms with Crippen molar-refractivity contribution in [2.45, 2.75) is 0 Å². The summed E-state index contributed by atoms with van der Waals surface area (Å²) in [6.45, 7) is 0. The molecule has 0 saturated heterocycles. The van der Waals surface area contributed by atoms with Gasteiger partial charge in [0.15, 0.2) is 5.82 Å². The molecule has 19 aromatic rings. The van der Waals surface area contributed by atoms with Crippen molar-refractivity contribution in [3.8, 4) is 51.0 Å². The number of benzene rings is 12. The summed E-state index contributed by atoms with van der Waals surface area (Å²) in [5.74, 6) is 0.613. The van der Waals surface area contributed by atoms with Crippen LogP contribution in [0.4, 0.5) is 0 Å². The molecule has 0 amide bonds. The van der Waals surface area contributed by atoms with Crippen LogP contribution in [0.1, 0.15) is 0 Å². The quantitative estimate of drug-likeness (QED) is 0.166. The molecule has 0 aliphatic carbocycles. The first-order valence-electron chi connectivity index (χ1n) is 28.4. The van der Waals surface area contributed by atoms with Crippen molar-refractivity contribution in [3.05, 3.63) is 261 Å². The molecule has 12 aromatic carbocycles. The maximum atomic E-state index is 6.51. The van der Waals surface area contributed by atoms with E-state index in [9.17, 15) is 0 Å². The van der Waals surface area contributed by atoms with E-state index in [1.807, 2.05) is 24.3 Å². The van der Waals surface area contributed by atoms with Crippen molar-refractivity contribution in [1.29, 1.82) is 0 Å². The van der Waals surface area contributed by atoms with Gasteiger partial charge in [-0.15, -0.1) is 0 Å². The summed E-state index contributed by atoms with van der Waals surface area (Å²) in [5, 5.41) is 13.6. The second-order valence-corrected chi connectivity index (χ2v) is 22.0. The molecule has 0 radical (unpaired) electrons. The summed E-state index contributed by atoms with van der Waals surface area (Å²) in [6, 6.07) is 92.3. The van der Waals surface area contributed by atoms with E-state index in [4.69, 9.17) is 23.2 Å². The Kier molecular flexibility index (Phi) is 9.18. The number of rotatable bonds is 6. The average Bonchev–Trinajstić information content (AvgIpc) is 2.27. The van der Waals surface area contributed by atoms with Crippen molar-refractivity contribution in [3.63, 3.8) is 0 Å². The van der Waals surface area contributed by atoms with Crippen LogP contribution in [0.2, 0.25) is 0 Å². The van der Waals surface area contributed by atoms with Gasteiger partial charge >= 0.3 is 0 Å². The first kappa shape index (κ1) is 45.3. The molecule has 390 valence electrons. The molecule has 8 nitrogen and oxygen atoms in total. The summed E-state index contributed by atoms with van der Waals surface area (Å²) in [6.07, 6.45) is 0. The monoisotopic (exact) mass is 1070 g/mol. The Balaban J connectivity index is 0.823. The van der Waals surface area contributed by atoms with Crippen LogP contribution in [-0.2, 0) is 0 Å². The molecule has 8 heteroatoms. The predicted molar refractivity (Wildman–Crippen MR) is 343 cm³/mol. The molecular formula is C76H43N5O3. The smallest absolute Gasteiger partial charge is 0.160 e. The first-order valence-corrected chi connectivity index (χ1v) is 28.4. The van der Waals surface area contributed by atoms with E-state index in [2.05, 4.69) is 250 Å². The van der Waals surface area contributed by atoms with Crippen LogP contribution in [0.15, 0.2) is 274 Å². The summed E-state index contributed by atoms with van der Waals surface area (Å²) in [5.41, 5.74) is 19.3. The molecular weight excluding hydrogens is 1030 g/mol. The van der Waals surface area contributed by atoms with E-state index in [0.717, 1.165) is 144 Å². The molecule has 0 atom stereocenters. The SMILES string of the molecule is c1cc(-c2cc(-c3cccc(-n4c5ccccc5c5ccc6oc7ccccc7c6c54)c3)nc(-c3ccc(-n4c5ccccc5c5ccc6oc7ccccc7c6c54)cc3)n2)cc(-n2c3ccccc3c3ccc4oc5ccccc5c4c32)c1. The highest BCUT2D eigenvalue weighted by Crippen LogP contribution is 2.45. The number of fused-ring (bicyclic) bond motifs is 21. The molecule has 0 aliphatic heterocycles. The van der Waals surface area contributed by atoms with E-state index in [0.29, 0.717) is 5.82 Å². The fraction of sp³-hybridized carbons (Fsp3) is 0. The first-order chi connectivity index (χ1) is 41.6. The van der Waals surface area contributed by atoms with Crippen molar-refractivity contribution in [2.75, 3.05) is 0 Å². The van der Waals surface area contributed by atoms with E-state index >= 15 is 0 Å². The Morgan fingerprint density at radius 3 is 1.00 bits per heavy atom.